The van der Waals surface area contributed by atoms with Gasteiger partial charge in [0.15, 0.2) is 0 Å². The van der Waals surface area contributed by atoms with Crippen LogP contribution >= 0.6 is 0 Å². The Kier molecular flexibility index (Phi) is 5.30. The molecule has 33 heavy (non-hydrogen) atoms. The van der Waals surface area contributed by atoms with E-state index in [0.29, 0.717) is 17.0 Å². The fourth-order valence-electron chi connectivity index (χ4n) is 4.29. The Morgan fingerprint density at radius 3 is 2.42 bits per heavy atom. The number of aromatic nitrogens is 1. The lowest BCUT2D eigenvalue weighted by atomic mass is 10.0. The number of anilines is 1. The Morgan fingerprint density at radius 1 is 0.970 bits per heavy atom. The highest BCUT2D eigenvalue weighted by Crippen LogP contribution is 2.37. The minimum atomic E-state index is -0.712. The summed E-state index contributed by atoms with van der Waals surface area (Å²) in [4.78, 5) is 15.1. The maximum atomic E-state index is 14.2. The highest BCUT2D eigenvalue weighted by Gasteiger charge is 2.33. The summed E-state index contributed by atoms with van der Waals surface area (Å²) in [7, 11) is 1.57. The molecule has 1 aromatic heterocycles. The molecular weight excluding hydrogens is 424 g/mol. The summed E-state index contributed by atoms with van der Waals surface area (Å²) in [6, 6.07) is 20.7. The number of amides is 2. The number of nitrogens with zero attached hydrogens (tertiary/aromatic N) is 2. The highest BCUT2D eigenvalue weighted by atomic mass is 19.1. The van der Waals surface area contributed by atoms with Gasteiger partial charge in [0.05, 0.1) is 25.4 Å². The molecule has 1 atom stereocenters. The number of methoxy groups -OCH3 is 1. The second-order valence-corrected chi connectivity index (χ2v) is 7.82. The van der Waals surface area contributed by atoms with E-state index in [0.717, 1.165) is 23.0 Å². The van der Waals surface area contributed by atoms with E-state index in [2.05, 4.69) is 5.32 Å². The lowest BCUT2D eigenvalue weighted by Crippen LogP contribution is -2.38. The van der Waals surface area contributed by atoms with E-state index in [-0.39, 0.29) is 12.6 Å². The number of rotatable bonds is 3. The maximum Gasteiger partial charge on any atom is 0.322 e. The third-order valence-corrected chi connectivity index (χ3v) is 5.77. The molecule has 1 N–H and O–H groups in total. The van der Waals surface area contributed by atoms with Gasteiger partial charge in [0.2, 0.25) is 0 Å². The van der Waals surface area contributed by atoms with Gasteiger partial charge in [-0.1, -0.05) is 18.2 Å². The second kappa shape index (κ2) is 8.43. The Bertz CT molecular complexity index is 1300. The monoisotopic (exact) mass is 445 g/mol. The van der Waals surface area contributed by atoms with Crippen molar-refractivity contribution in [3.63, 3.8) is 0 Å². The zero-order valence-electron chi connectivity index (χ0n) is 17.8. The first kappa shape index (κ1) is 20.8. The number of para-hydroxylation sites is 1. The summed E-state index contributed by atoms with van der Waals surface area (Å²) < 4.78 is 35.6. The molecular formula is C26H21F2N3O2. The summed E-state index contributed by atoms with van der Waals surface area (Å²) in [6.07, 6.45) is 1.89. The molecule has 0 radical (unpaired) electrons. The molecule has 3 aromatic carbocycles. The third-order valence-electron chi connectivity index (χ3n) is 5.77. The van der Waals surface area contributed by atoms with Crippen LogP contribution in [0.4, 0.5) is 19.3 Å². The predicted octanol–water partition coefficient (Wildman–Crippen LogP) is 5.90. The Balaban J connectivity index is 1.62. The van der Waals surface area contributed by atoms with E-state index in [1.807, 2.05) is 47.2 Å². The molecule has 0 saturated heterocycles. The topological polar surface area (TPSA) is 46.5 Å². The van der Waals surface area contributed by atoms with Crippen molar-refractivity contribution in [3.05, 3.63) is 114 Å². The van der Waals surface area contributed by atoms with Gasteiger partial charge >= 0.3 is 6.03 Å². The van der Waals surface area contributed by atoms with Crippen molar-refractivity contribution < 1.29 is 18.3 Å². The fourth-order valence-corrected chi connectivity index (χ4v) is 4.29. The first-order valence-corrected chi connectivity index (χ1v) is 10.5. The number of carbonyl (C=O) groups is 1. The first-order chi connectivity index (χ1) is 16.0. The summed E-state index contributed by atoms with van der Waals surface area (Å²) in [5.74, 6) is -0.719. The van der Waals surface area contributed by atoms with Crippen molar-refractivity contribution in [1.82, 2.24) is 9.47 Å². The number of carbonyl (C=O) groups excluding carboxylic acids is 1. The molecule has 0 spiro atoms. The Hall–Kier alpha value is -4.13. The molecule has 0 aliphatic carbocycles. The SMILES string of the molecule is COc1ccc(NC(=O)N2Cc3ccccc3-n3cccc3C2c2cc(F)cc(F)c2)cc1. The lowest BCUT2D eigenvalue weighted by molar-refractivity contribution is 0.194. The average molecular weight is 445 g/mol. The first-order valence-electron chi connectivity index (χ1n) is 10.5. The highest BCUT2D eigenvalue weighted by molar-refractivity contribution is 5.90. The van der Waals surface area contributed by atoms with Crippen LogP contribution in [0.1, 0.15) is 22.9 Å². The van der Waals surface area contributed by atoms with Crippen molar-refractivity contribution in [2.75, 3.05) is 12.4 Å². The maximum absolute atomic E-state index is 14.2. The van der Waals surface area contributed by atoms with Crippen LogP contribution in [0.2, 0.25) is 0 Å². The van der Waals surface area contributed by atoms with E-state index < -0.39 is 17.7 Å². The minimum absolute atomic E-state index is 0.253. The molecule has 1 aliphatic rings. The van der Waals surface area contributed by atoms with Crippen LogP contribution in [-0.2, 0) is 6.54 Å². The third kappa shape index (κ3) is 3.93. The number of halogens is 2. The van der Waals surface area contributed by atoms with Gasteiger partial charge in [0, 0.05) is 23.6 Å². The number of benzene rings is 3. The summed E-state index contributed by atoms with van der Waals surface area (Å²) >= 11 is 0. The Morgan fingerprint density at radius 2 is 1.70 bits per heavy atom. The van der Waals surface area contributed by atoms with Gasteiger partial charge in [-0.25, -0.2) is 13.6 Å². The molecule has 5 rings (SSSR count). The van der Waals surface area contributed by atoms with Crippen LogP contribution in [0, 0.1) is 11.6 Å². The minimum Gasteiger partial charge on any atom is -0.497 e. The number of nitrogens with one attached hydrogen (secondary N) is 1. The zero-order valence-corrected chi connectivity index (χ0v) is 17.8. The van der Waals surface area contributed by atoms with E-state index in [4.69, 9.17) is 4.74 Å². The van der Waals surface area contributed by atoms with Crippen molar-refractivity contribution in [3.8, 4) is 11.4 Å². The molecule has 166 valence electrons. The van der Waals surface area contributed by atoms with E-state index in [1.165, 1.54) is 12.1 Å². The van der Waals surface area contributed by atoms with Gasteiger partial charge in [-0.15, -0.1) is 0 Å². The van der Waals surface area contributed by atoms with Crippen molar-refractivity contribution in [1.29, 1.82) is 0 Å². The van der Waals surface area contributed by atoms with Crippen molar-refractivity contribution in [2.24, 2.45) is 0 Å². The number of urea groups is 1. The van der Waals surface area contributed by atoms with Crippen LogP contribution in [0.3, 0.4) is 0 Å². The molecule has 5 nitrogen and oxygen atoms in total. The molecule has 0 saturated carbocycles. The summed E-state index contributed by atoms with van der Waals surface area (Å²) in [5, 5.41) is 2.91. The van der Waals surface area contributed by atoms with Gasteiger partial charge in [-0.05, 0) is 65.7 Å². The molecule has 4 aromatic rings. The quantitative estimate of drug-likeness (QED) is 0.427. The van der Waals surface area contributed by atoms with Crippen LogP contribution < -0.4 is 10.1 Å². The van der Waals surface area contributed by atoms with E-state index >= 15 is 0 Å². The van der Waals surface area contributed by atoms with Gasteiger partial charge in [-0.3, -0.25) is 0 Å². The standard InChI is InChI=1S/C26H21F2N3O2/c1-33-22-10-8-21(9-11-22)29-26(32)31-16-17-5-2-3-6-23(17)30-12-4-7-24(30)25(31)18-13-19(27)15-20(28)14-18/h2-15,25H,16H2,1H3,(H,29,32). The zero-order chi connectivity index (χ0) is 22.9. The normalized spacial score (nSPS) is 14.8. The van der Waals surface area contributed by atoms with Gasteiger partial charge < -0.3 is 19.5 Å². The number of ether oxygens (including phenoxy) is 1. The van der Waals surface area contributed by atoms with E-state index in [1.54, 1.807) is 36.3 Å². The van der Waals surface area contributed by atoms with Gasteiger partial charge in [-0.2, -0.15) is 0 Å². The molecule has 1 unspecified atom stereocenters. The van der Waals surface area contributed by atoms with E-state index in [9.17, 15) is 13.6 Å². The average Bonchev–Trinajstić information content (AvgIpc) is 3.23. The molecule has 1 aliphatic heterocycles. The molecule has 0 fully saturated rings. The van der Waals surface area contributed by atoms with Gasteiger partial charge in [0.25, 0.3) is 0 Å². The summed E-state index contributed by atoms with van der Waals surface area (Å²) in [5.41, 5.74) is 3.50. The summed E-state index contributed by atoms with van der Waals surface area (Å²) in [6.45, 7) is 0.253. The number of hydrogen-bond acceptors (Lipinski definition) is 2. The van der Waals surface area contributed by atoms with Crippen molar-refractivity contribution >= 4 is 11.7 Å². The molecule has 7 heteroatoms. The fraction of sp³-hybridized carbons (Fsp3) is 0.115. The Labute approximate surface area is 189 Å². The second-order valence-electron chi connectivity index (χ2n) is 7.82. The van der Waals surface area contributed by atoms with Crippen LogP contribution in [0.25, 0.3) is 5.69 Å². The molecule has 2 amide bonds. The van der Waals surface area contributed by atoms with Crippen LogP contribution in [0.15, 0.2) is 85.1 Å². The smallest absolute Gasteiger partial charge is 0.322 e. The number of hydrogen-bond donors (Lipinski definition) is 1. The lowest BCUT2D eigenvalue weighted by Gasteiger charge is -2.31. The van der Waals surface area contributed by atoms with Crippen LogP contribution in [-0.4, -0.2) is 22.6 Å². The van der Waals surface area contributed by atoms with Gasteiger partial charge in [0.1, 0.15) is 17.4 Å². The largest absolute Gasteiger partial charge is 0.497 e. The molecule has 0 bridgehead atoms. The van der Waals surface area contributed by atoms with Crippen molar-refractivity contribution in [2.45, 2.75) is 12.6 Å². The molecule has 2 heterocycles. The predicted molar refractivity (Wildman–Crippen MR) is 122 cm³/mol. The van der Waals surface area contributed by atoms with Crippen LogP contribution in [0.5, 0.6) is 5.75 Å². The number of fused-ring (bicyclic) bond motifs is 3.